The molecule has 3 aromatic heterocycles. The summed E-state index contributed by atoms with van der Waals surface area (Å²) in [4.78, 5) is 12.8. The number of carbonyl (C=O) groups excluding carboxylic acids is 1. The Kier molecular flexibility index (Phi) is 5.63. The monoisotopic (exact) mass is 401 g/mol. The molecule has 9 heteroatoms. The van der Waals surface area contributed by atoms with Crippen molar-refractivity contribution in [3.63, 3.8) is 0 Å². The lowest BCUT2D eigenvalue weighted by molar-refractivity contribution is 0.0912. The number of tetrazole rings is 1. The summed E-state index contributed by atoms with van der Waals surface area (Å²) >= 11 is 1.36. The van der Waals surface area contributed by atoms with Crippen LogP contribution < -0.4 is 0 Å². The first kappa shape index (κ1) is 18.9. The van der Waals surface area contributed by atoms with E-state index in [0.29, 0.717) is 18.2 Å². The quantitative estimate of drug-likeness (QED) is 0.424. The van der Waals surface area contributed by atoms with Crippen LogP contribution in [0.4, 0.5) is 0 Å². The van der Waals surface area contributed by atoms with Crippen molar-refractivity contribution in [3.8, 4) is 0 Å². The highest BCUT2D eigenvalue weighted by Gasteiger charge is 2.21. The van der Waals surface area contributed by atoms with Crippen LogP contribution in [-0.4, -0.2) is 49.0 Å². The molecule has 1 aliphatic rings. The number of Topliss-reactive ketones (excluding diaryl/α,β-unsaturated/α-hetero) is 1. The number of aromatic nitrogens is 5. The van der Waals surface area contributed by atoms with Gasteiger partial charge in [-0.3, -0.25) is 4.79 Å². The van der Waals surface area contributed by atoms with Gasteiger partial charge in [0.05, 0.1) is 31.2 Å². The highest BCUT2D eigenvalue weighted by Crippen LogP contribution is 2.22. The first-order valence-electron chi connectivity index (χ1n) is 9.34. The van der Waals surface area contributed by atoms with Crippen molar-refractivity contribution in [1.29, 1.82) is 0 Å². The third-order valence-electron chi connectivity index (χ3n) is 5.00. The molecule has 0 aromatic carbocycles. The summed E-state index contributed by atoms with van der Waals surface area (Å²) < 4.78 is 14.9. The van der Waals surface area contributed by atoms with Gasteiger partial charge in [0.15, 0.2) is 5.78 Å². The number of carbonyl (C=O) groups is 1. The van der Waals surface area contributed by atoms with Crippen LogP contribution in [0.5, 0.6) is 0 Å². The summed E-state index contributed by atoms with van der Waals surface area (Å²) in [7, 11) is 0. The van der Waals surface area contributed by atoms with E-state index in [1.54, 1.807) is 10.9 Å². The molecule has 0 saturated carbocycles. The van der Waals surface area contributed by atoms with Crippen molar-refractivity contribution < 1.29 is 13.9 Å². The van der Waals surface area contributed by atoms with Crippen LogP contribution in [-0.2, 0) is 17.8 Å². The predicted octanol–water partition coefficient (Wildman–Crippen LogP) is 2.89. The predicted molar refractivity (Wildman–Crippen MR) is 104 cm³/mol. The van der Waals surface area contributed by atoms with Crippen molar-refractivity contribution >= 4 is 17.5 Å². The van der Waals surface area contributed by atoms with E-state index in [4.69, 9.17) is 9.15 Å². The van der Waals surface area contributed by atoms with Crippen molar-refractivity contribution in [2.75, 3.05) is 12.4 Å². The van der Waals surface area contributed by atoms with Gasteiger partial charge in [0, 0.05) is 23.6 Å². The van der Waals surface area contributed by atoms with Crippen molar-refractivity contribution in [2.24, 2.45) is 0 Å². The van der Waals surface area contributed by atoms with E-state index in [1.165, 1.54) is 11.8 Å². The number of aryl methyl sites for hydroxylation is 1. The Morgan fingerprint density at radius 1 is 1.39 bits per heavy atom. The number of ether oxygens (including phenoxy) is 1. The second-order valence-electron chi connectivity index (χ2n) is 6.94. The van der Waals surface area contributed by atoms with Gasteiger partial charge in [0.2, 0.25) is 5.16 Å². The fourth-order valence-electron chi connectivity index (χ4n) is 3.49. The molecule has 0 amide bonds. The average molecular weight is 401 g/mol. The molecule has 0 radical (unpaired) electrons. The van der Waals surface area contributed by atoms with Crippen LogP contribution in [0.3, 0.4) is 0 Å². The minimum absolute atomic E-state index is 0.0652. The van der Waals surface area contributed by atoms with Crippen LogP contribution in [0.25, 0.3) is 0 Å². The summed E-state index contributed by atoms with van der Waals surface area (Å²) in [6, 6.07) is 5.74. The Morgan fingerprint density at radius 2 is 2.29 bits per heavy atom. The van der Waals surface area contributed by atoms with Gasteiger partial charge in [-0.05, 0) is 55.3 Å². The van der Waals surface area contributed by atoms with Gasteiger partial charge in [-0.2, -0.15) is 0 Å². The van der Waals surface area contributed by atoms with Crippen molar-refractivity contribution in [3.05, 3.63) is 47.2 Å². The topological polar surface area (TPSA) is 88.0 Å². The summed E-state index contributed by atoms with van der Waals surface area (Å²) in [6.07, 6.45) is 3.90. The maximum absolute atomic E-state index is 12.8. The first-order chi connectivity index (χ1) is 13.6. The number of ketones is 1. The van der Waals surface area contributed by atoms with Gasteiger partial charge in [-0.1, -0.05) is 11.8 Å². The van der Waals surface area contributed by atoms with Crippen molar-refractivity contribution in [1.82, 2.24) is 24.8 Å². The van der Waals surface area contributed by atoms with Crippen molar-refractivity contribution in [2.45, 2.75) is 51.0 Å². The first-order valence-corrected chi connectivity index (χ1v) is 10.3. The molecule has 4 rings (SSSR count). The van der Waals surface area contributed by atoms with Gasteiger partial charge in [-0.15, -0.1) is 5.10 Å². The summed E-state index contributed by atoms with van der Waals surface area (Å²) in [5, 5.41) is 12.5. The highest BCUT2D eigenvalue weighted by atomic mass is 32.2. The molecule has 1 aliphatic heterocycles. The molecule has 0 N–H and O–H groups in total. The Labute approximate surface area is 167 Å². The van der Waals surface area contributed by atoms with E-state index in [2.05, 4.69) is 20.1 Å². The van der Waals surface area contributed by atoms with E-state index in [1.807, 2.05) is 32.0 Å². The zero-order chi connectivity index (χ0) is 19.5. The van der Waals surface area contributed by atoms with Crippen LogP contribution >= 0.6 is 11.8 Å². The molecule has 148 valence electrons. The smallest absolute Gasteiger partial charge is 0.209 e. The molecule has 4 heterocycles. The zero-order valence-electron chi connectivity index (χ0n) is 16.0. The number of nitrogens with zero attached hydrogens (tertiary/aromatic N) is 5. The van der Waals surface area contributed by atoms with Crippen LogP contribution in [0.2, 0.25) is 0 Å². The molecule has 8 nitrogen and oxygen atoms in total. The van der Waals surface area contributed by atoms with E-state index in [0.717, 1.165) is 42.2 Å². The average Bonchev–Trinajstić information content (AvgIpc) is 3.47. The Bertz CT molecular complexity index is 941. The molecule has 0 unspecified atom stereocenters. The van der Waals surface area contributed by atoms with Gasteiger partial charge in [0.1, 0.15) is 5.76 Å². The fraction of sp³-hybridized carbons (Fsp3) is 0.474. The largest absolute Gasteiger partial charge is 0.467 e. The molecule has 28 heavy (non-hydrogen) atoms. The molecule has 1 atom stereocenters. The van der Waals surface area contributed by atoms with E-state index in [-0.39, 0.29) is 17.6 Å². The third-order valence-corrected chi connectivity index (χ3v) is 5.96. The molecule has 1 fully saturated rings. The van der Waals surface area contributed by atoms with Gasteiger partial charge in [-0.25, -0.2) is 4.68 Å². The van der Waals surface area contributed by atoms with Gasteiger partial charge < -0.3 is 13.7 Å². The minimum Gasteiger partial charge on any atom is -0.467 e. The van der Waals surface area contributed by atoms with Gasteiger partial charge >= 0.3 is 0 Å². The molecule has 0 bridgehead atoms. The third kappa shape index (κ3) is 4.05. The van der Waals surface area contributed by atoms with Crippen LogP contribution in [0.15, 0.2) is 34.0 Å². The molecule has 0 aliphatic carbocycles. The van der Waals surface area contributed by atoms with E-state index >= 15 is 0 Å². The molecular weight excluding hydrogens is 378 g/mol. The van der Waals surface area contributed by atoms with Crippen LogP contribution in [0.1, 0.15) is 40.3 Å². The second kappa shape index (κ2) is 8.32. The second-order valence-corrected chi connectivity index (χ2v) is 7.88. The molecule has 3 aromatic rings. The summed E-state index contributed by atoms with van der Waals surface area (Å²) in [5.74, 6) is 1.22. The molecule has 1 saturated heterocycles. The number of hydrogen-bond donors (Lipinski definition) is 0. The lowest BCUT2D eigenvalue weighted by Gasteiger charge is -2.10. The van der Waals surface area contributed by atoms with E-state index < -0.39 is 0 Å². The normalized spacial score (nSPS) is 16.7. The Balaban J connectivity index is 1.41. The maximum Gasteiger partial charge on any atom is 0.209 e. The molecule has 0 spiro atoms. The maximum atomic E-state index is 12.8. The number of rotatable bonds is 8. The minimum atomic E-state index is 0.0652. The standard InChI is InChI=1S/C19H23N5O3S/c1-13-9-17(14(2)23(13)10-15-5-3-7-26-15)18(25)12-28-19-20-21-22-24(19)11-16-6-4-8-27-16/h3,5,7,9,16H,4,6,8,10-12H2,1-2H3/t16-/m0/s1. The lowest BCUT2D eigenvalue weighted by Crippen LogP contribution is -2.17. The highest BCUT2D eigenvalue weighted by molar-refractivity contribution is 7.99. The zero-order valence-corrected chi connectivity index (χ0v) is 16.8. The Morgan fingerprint density at radius 3 is 3.04 bits per heavy atom. The SMILES string of the molecule is Cc1cc(C(=O)CSc2nnnn2C[C@@H]2CCCO2)c(C)n1Cc1ccco1. The number of thioether (sulfide) groups is 1. The number of hydrogen-bond acceptors (Lipinski definition) is 7. The lowest BCUT2D eigenvalue weighted by atomic mass is 10.2. The van der Waals surface area contributed by atoms with Gasteiger partial charge in [0.25, 0.3) is 0 Å². The Hall–Kier alpha value is -2.39. The summed E-state index contributed by atoms with van der Waals surface area (Å²) in [5.41, 5.74) is 2.71. The van der Waals surface area contributed by atoms with Crippen LogP contribution in [0, 0.1) is 13.8 Å². The summed E-state index contributed by atoms with van der Waals surface area (Å²) in [6.45, 7) is 6.00. The molecular formula is C19H23N5O3S. The fourth-order valence-corrected chi connectivity index (χ4v) is 4.26. The van der Waals surface area contributed by atoms with E-state index in [9.17, 15) is 4.79 Å². The number of furan rings is 1.